The Morgan fingerprint density at radius 3 is 2.57 bits per heavy atom. The minimum absolute atomic E-state index is 0.000611. The maximum absolute atomic E-state index is 13.8. The summed E-state index contributed by atoms with van der Waals surface area (Å²) in [6.07, 6.45) is 4.39. The van der Waals surface area contributed by atoms with Crippen LogP contribution < -0.4 is 5.32 Å². The molecule has 0 spiro atoms. The van der Waals surface area contributed by atoms with Crippen molar-refractivity contribution in [3.05, 3.63) is 29.6 Å². The SMILES string of the molecule is CC(Nc1ccc(C#N)cc1F)C(=O)N1CCCCCC1. The van der Waals surface area contributed by atoms with Gasteiger partial charge in [-0.1, -0.05) is 12.8 Å². The summed E-state index contributed by atoms with van der Waals surface area (Å²) in [5.41, 5.74) is 0.522. The van der Waals surface area contributed by atoms with Crippen LogP contribution in [0, 0.1) is 17.1 Å². The first-order chi connectivity index (χ1) is 10.1. The highest BCUT2D eigenvalue weighted by molar-refractivity contribution is 5.84. The summed E-state index contributed by atoms with van der Waals surface area (Å²) in [6.45, 7) is 3.30. The van der Waals surface area contributed by atoms with Crippen LogP contribution in [0.4, 0.5) is 10.1 Å². The molecule has 112 valence electrons. The van der Waals surface area contributed by atoms with Gasteiger partial charge < -0.3 is 10.2 Å². The largest absolute Gasteiger partial charge is 0.372 e. The topological polar surface area (TPSA) is 56.1 Å². The highest BCUT2D eigenvalue weighted by Gasteiger charge is 2.22. The number of carbonyl (C=O) groups excluding carboxylic acids is 1. The molecule has 0 radical (unpaired) electrons. The van der Waals surface area contributed by atoms with E-state index in [2.05, 4.69) is 5.32 Å². The molecular formula is C16H20FN3O. The fraction of sp³-hybridized carbons (Fsp3) is 0.500. The van der Waals surface area contributed by atoms with E-state index in [0.717, 1.165) is 38.8 Å². The molecule has 0 bridgehead atoms. The molecule has 1 heterocycles. The normalized spacial score (nSPS) is 16.7. The number of likely N-dealkylation sites (tertiary alicyclic amines) is 1. The van der Waals surface area contributed by atoms with Crippen LogP contribution >= 0.6 is 0 Å². The number of carbonyl (C=O) groups is 1. The van der Waals surface area contributed by atoms with Crippen LogP contribution in [0.3, 0.4) is 0 Å². The summed E-state index contributed by atoms with van der Waals surface area (Å²) in [5, 5.41) is 11.6. The smallest absolute Gasteiger partial charge is 0.244 e. The molecule has 21 heavy (non-hydrogen) atoms. The molecular weight excluding hydrogens is 269 g/mol. The molecule has 1 aliphatic rings. The number of benzene rings is 1. The number of nitrogens with one attached hydrogen (secondary N) is 1. The Hall–Kier alpha value is -2.09. The molecule has 1 fully saturated rings. The van der Waals surface area contributed by atoms with Crippen molar-refractivity contribution in [2.24, 2.45) is 0 Å². The van der Waals surface area contributed by atoms with Crippen LogP contribution in [-0.2, 0) is 4.79 Å². The van der Waals surface area contributed by atoms with Crippen molar-refractivity contribution in [2.75, 3.05) is 18.4 Å². The summed E-state index contributed by atoms with van der Waals surface area (Å²) in [5.74, 6) is -0.509. The molecule has 1 atom stereocenters. The second kappa shape index (κ2) is 7.07. The Morgan fingerprint density at radius 1 is 1.33 bits per heavy atom. The molecule has 4 nitrogen and oxygen atoms in total. The number of anilines is 1. The zero-order valence-corrected chi connectivity index (χ0v) is 12.2. The second-order valence-electron chi connectivity index (χ2n) is 5.41. The van der Waals surface area contributed by atoms with Crippen LogP contribution in [-0.4, -0.2) is 29.9 Å². The lowest BCUT2D eigenvalue weighted by Crippen LogP contribution is -2.42. The van der Waals surface area contributed by atoms with Gasteiger partial charge in [-0.25, -0.2) is 4.39 Å². The predicted octanol–water partition coefficient (Wildman–Crippen LogP) is 2.90. The molecule has 2 rings (SSSR count). The highest BCUT2D eigenvalue weighted by atomic mass is 19.1. The van der Waals surface area contributed by atoms with E-state index in [9.17, 15) is 9.18 Å². The number of nitriles is 1. The standard InChI is InChI=1S/C16H20FN3O/c1-12(16(21)20-8-4-2-3-5-9-20)19-15-7-6-13(11-18)10-14(15)17/h6-7,10,12,19H,2-5,8-9H2,1H3. The van der Waals surface area contributed by atoms with Gasteiger partial charge in [-0.3, -0.25) is 4.79 Å². The molecule has 1 unspecified atom stereocenters. The van der Waals surface area contributed by atoms with Gasteiger partial charge in [0.2, 0.25) is 5.91 Å². The summed E-state index contributed by atoms with van der Waals surface area (Å²) in [6, 6.07) is 5.61. The minimum Gasteiger partial charge on any atom is -0.372 e. The van der Waals surface area contributed by atoms with Crippen molar-refractivity contribution in [3.63, 3.8) is 0 Å². The Balaban J connectivity index is 2.01. The molecule has 1 aromatic carbocycles. The number of nitrogens with zero attached hydrogens (tertiary/aromatic N) is 2. The van der Waals surface area contributed by atoms with E-state index in [0.29, 0.717) is 0 Å². The fourth-order valence-corrected chi connectivity index (χ4v) is 2.56. The number of hydrogen-bond acceptors (Lipinski definition) is 3. The van der Waals surface area contributed by atoms with E-state index in [-0.39, 0.29) is 17.2 Å². The Kier molecular flexibility index (Phi) is 5.15. The van der Waals surface area contributed by atoms with E-state index >= 15 is 0 Å². The maximum atomic E-state index is 13.8. The van der Waals surface area contributed by atoms with Gasteiger partial charge in [-0.05, 0) is 38.0 Å². The van der Waals surface area contributed by atoms with Gasteiger partial charge in [0.1, 0.15) is 11.9 Å². The predicted molar refractivity (Wildman–Crippen MR) is 79.2 cm³/mol. The summed E-state index contributed by atoms with van der Waals surface area (Å²) in [4.78, 5) is 14.2. The van der Waals surface area contributed by atoms with Gasteiger partial charge in [0.25, 0.3) is 0 Å². The quantitative estimate of drug-likeness (QED) is 0.931. The first-order valence-electron chi connectivity index (χ1n) is 7.37. The Bertz CT molecular complexity index is 545. The first kappa shape index (κ1) is 15.3. The van der Waals surface area contributed by atoms with Crippen LogP contribution in [0.15, 0.2) is 18.2 Å². The van der Waals surface area contributed by atoms with Crippen molar-refractivity contribution < 1.29 is 9.18 Å². The summed E-state index contributed by atoms with van der Waals surface area (Å²) >= 11 is 0. The summed E-state index contributed by atoms with van der Waals surface area (Å²) < 4.78 is 13.8. The van der Waals surface area contributed by atoms with Crippen molar-refractivity contribution in [2.45, 2.75) is 38.6 Å². The molecule has 1 aromatic rings. The Morgan fingerprint density at radius 2 is 2.00 bits per heavy atom. The number of rotatable bonds is 3. The van der Waals surface area contributed by atoms with Gasteiger partial charge in [0, 0.05) is 13.1 Å². The number of hydrogen-bond donors (Lipinski definition) is 1. The zero-order valence-electron chi connectivity index (χ0n) is 12.2. The molecule has 1 aliphatic heterocycles. The van der Waals surface area contributed by atoms with E-state index in [1.807, 2.05) is 11.0 Å². The number of amides is 1. The van der Waals surface area contributed by atoms with E-state index in [1.165, 1.54) is 18.2 Å². The third-order valence-corrected chi connectivity index (χ3v) is 3.76. The minimum atomic E-state index is -0.510. The zero-order chi connectivity index (χ0) is 15.2. The van der Waals surface area contributed by atoms with Crippen LogP contribution in [0.25, 0.3) is 0 Å². The second-order valence-corrected chi connectivity index (χ2v) is 5.41. The molecule has 0 saturated carbocycles. The van der Waals surface area contributed by atoms with Gasteiger partial charge in [0.15, 0.2) is 0 Å². The lowest BCUT2D eigenvalue weighted by atomic mass is 10.2. The molecule has 0 aliphatic carbocycles. The van der Waals surface area contributed by atoms with Gasteiger partial charge >= 0.3 is 0 Å². The van der Waals surface area contributed by atoms with Gasteiger partial charge in [-0.15, -0.1) is 0 Å². The average molecular weight is 289 g/mol. The number of halogens is 1. The summed E-state index contributed by atoms with van der Waals surface area (Å²) in [7, 11) is 0. The van der Waals surface area contributed by atoms with E-state index < -0.39 is 11.9 Å². The lowest BCUT2D eigenvalue weighted by Gasteiger charge is -2.25. The molecule has 0 aromatic heterocycles. The van der Waals surface area contributed by atoms with Crippen molar-refractivity contribution >= 4 is 11.6 Å². The molecule has 5 heteroatoms. The van der Waals surface area contributed by atoms with Gasteiger partial charge in [0.05, 0.1) is 17.3 Å². The highest BCUT2D eigenvalue weighted by Crippen LogP contribution is 2.18. The molecule has 1 saturated heterocycles. The van der Waals surface area contributed by atoms with E-state index in [4.69, 9.17) is 5.26 Å². The Labute approximate surface area is 124 Å². The van der Waals surface area contributed by atoms with Crippen LogP contribution in [0.5, 0.6) is 0 Å². The van der Waals surface area contributed by atoms with E-state index in [1.54, 1.807) is 6.92 Å². The molecule has 1 N–H and O–H groups in total. The van der Waals surface area contributed by atoms with Gasteiger partial charge in [-0.2, -0.15) is 5.26 Å². The monoisotopic (exact) mass is 289 g/mol. The van der Waals surface area contributed by atoms with Crippen molar-refractivity contribution in [3.8, 4) is 6.07 Å². The lowest BCUT2D eigenvalue weighted by molar-refractivity contribution is -0.131. The van der Waals surface area contributed by atoms with Crippen molar-refractivity contribution in [1.82, 2.24) is 4.90 Å². The maximum Gasteiger partial charge on any atom is 0.244 e. The van der Waals surface area contributed by atoms with Crippen molar-refractivity contribution in [1.29, 1.82) is 5.26 Å². The van der Waals surface area contributed by atoms with Crippen LogP contribution in [0.1, 0.15) is 38.2 Å². The third kappa shape index (κ3) is 3.94. The first-order valence-corrected chi connectivity index (χ1v) is 7.37. The molecule has 1 amide bonds. The fourth-order valence-electron chi connectivity index (χ4n) is 2.56. The average Bonchev–Trinajstić information content (AvgIpc) is 2.77. The van der Waals surface area contributed by atoms with Crippen LogP contribution in [0.2, 0.25) is 0 Å². The third-order valence-electron chi connectivity index (χ3n) is 3.76.